The quantitative estimate of drug-likeness (QED) is 0.858. The summed E-state index contributed by atoms with van der Waals surface area (Å²) < 4.78 is 7.39. The van der Waals surface area contributed by atoms with Crippen LogP contribution in [-0.4, -0.2) is 51.6 Å². The predicted molar refractivity (Wildman–Crippen MR) is 106 cm³/mol. The Bertz CT molecular complexity index is 856. The number of aromatic nitrogens is 2. The number of amides is 2. The second kappa shape index (κ2) is 8.31. The highest BCUT2D eigenvalue weighted by Gasteiger charge is 2.26. The van der Waals surface area contributed by atoms with Crippen LogP contribution in [0.15, 0.2) is 24.3 Å². The van der Waals surface area contributed by atoms with Gasteiger partial charge in [-0.3, -0.25) is 9.59 Å². The number of rotatable bonds is 5. The number of carbonyl (C=O) groups excluding carboxylic acids is 2. The second-order valence-corrected chi connectivity index (χ2v) is 7.75. The van der Waals surface area contributed by atoms with E-state index in [9.17, 15) is 9.59 Å². The Hall–Kier alpha value is -2.41. The van der Waals surface area contributed by atoms with Crippen LogP contribution in [0.3, 0.4) is 0 Å². The first-order chi connectivity index (χ1) is 13.6. The number of hydrogen-bond acceptors (Lipinski definition) is 4. The van der Waals surface area contributed by atoms with Crippen LogP contribution in [-0.2, 0) is 27.4 Å². The number of carbonyl (C=O) groups is 2. The Balaban J connectivity index is 1.53. The molecule has 7 heteroatoms. The van der Waals surface area contributed by atoms with Crippen molar-refractivity contribution >= 4 is 22.8 Å². The number of ether oxygens (including phenoxy) is 1. The number of nitrogens with one attached hydrogen (secondary N) is 1. The molecule has 2 fully saturated rings. The van der Waals surface area contributed by atoms with Crippen molar-refractivity contribution in [3.63, 3.8) is 0 Å². The zero-order valence-electron chi connectivity index (χ0n) is 16.4. The molecule has 2 atom stereocenters. The zero-order valence-corrected chi connectivity index (χ0v) is 16.4. The minimum Gasteiger partial charge on any atom is -0.368 e. The van der Waals surface area contributed by atoms with Crippen LogP contribution in [0.25, 0.3) is 11.0 Å². The lowest BCUT2D eigenvalue weighted by Gasteiger charge is -2.33. The second-order valence-electron chi connectivity index (χ2n) is 7.75. The fourth-order valence-corrected chi connectivity index (χ4v) is 4.20. The smallest absolute Gasteiger partial charge is 0.249 e. The molecule has 2 unspecified atom stereocenters. The molecule has 0 radical (unpaired) electrons. The Morgan fingerprint density at radius 3 is 2.86 bits per heavy atom. The third-order valence-electron chi connectivity index (χ3n) is 5.79. The fourth-order valence-electron chi connectivity index (χ4n) is 4.20. The van der Waals surface area contributed by atoms with Crippen LogP contribution in [0.2, 0.25) is 0 Å². The molecule has 2 aliphatic rings. The Kier molecular flexibility index (Phi) is 5.62. The zero-order chi connectivity index (χ0) is 19.5. The van der Waals surface area contributed by atoms with Crippen molar-refractivity contribution in [3.05, 3.63) is 30.1 Å². The molecular weight excluding hydrogens is 356 g/mol. The number of fused-ring (bicyclic) bond motifs is 1. The molecule has 0 bridgehead atoms. The van der Waals surface area contributed by atoms with Crippen LogP contribution in [0.4, 0.5) is 0 Å². The lowest BCUT2D eigenvalue weighted by Crippen LogP contribution is -2.43. The van der Waals surface area contributed by atoms with E-state index in [0.29, 0.717) is 12.4 Å². The molecule has 1 aromatic heterocycles. The molecule has 150 valence electrons. The maximum absolute atomic E-state index is 13.0. The molecule has 0 saturated carbocycles. The Morgan fingerprint density at radius 1 is 1.21 bits per heavy atom. The first-order valence-electron chi connectivity index (χ1n) is 10.3. The number of benzene rings is 1. The van der Waals surface area contributed by atoms with Crippen LogP contribution in [0, 0.1) is 0 Å². The van der Waals surface area contributed by atoms with Gasteiger partial charge in [-0.25, -0.2) is 4.98 Å². The molecule has 4 rings (SSSR count). The van der Waals surface area contributed by atoms with E-state index < -0.39 is 0 Å². The summed E-state index contributed by atoms with van der Waals surface area (Å²) in [4.78, 5) is 31.9. The van der Waals surface area contributed by atoms with Crippen molar-refractivity contribution in [1.82, 2.24) is 19.8 Å². The number of piperidine rings is 1. The van der Waals surface area contributed by atoms with E-state index >= 15 is 0 Å². The topological polar surface area (TPSA) is 76.5 Å². The van der Waals surface area contributed by atoms with Crippen LogP contribution in [0.5, 0.6) is 0 Å². The van der Waals surface area contributed by atoms with Crippen LogP contribution < -0.4 is 5.32 Å². The molecule has 3 heterocycles. The normalized spacial score (nSPS) is 22.5. The molecule has 0 aliphatic carbocycles. The van der Waals surface area contributed by atoms with Gasteiger partial charge in [0.15, 0.2) is 0 Å². The van der Waals surface area contributed by atoms with Gasteiger partial charge in [-0.2, -0.15) is 0 Å². The predicted octanol–water partition coefficient (Wildman–Crippen LogP) is 2.23. The van der Waals surface area contributed by atoms with Gasteiger partial charge < -0.3 is 19.5 Å². The highest BCUT2D eigenvalue weighted by molar-refractivity contribution is 5.82. The molecular formula is C21H28N4O3. The number of para-hydroxylation sites is 2. The summed E-state index contributed by atoms with van der Waals surface area (Å²) in [5.74, 6) is 0.708. The molecule has 1 N–H and O–H groups in total. The van der Waals surface area contributed by atoms with Crippen LogP contribution >= 0.6 is 0 Å². The molecule has 2 aliphatic heterocycles. The number of hydrogen-bond donors (Lipinski definition) is 1. The monoisotopic (exact) mass is 384 g/mol. The van der Waals surface area contributed by atoms with Crippen molar-refractivity contribution in [2.75, 3.05) is 13.2 Å². The van der Waals surface area contributed by atoms with Crippen molar-refractivity contribution in [2.24, 2.45) is 0 Å². The van der Waals surface area contributed by atoms with Gasteiger partial charge in [0.1, 0.15) is 18.5 Å². The number of likely N-dealkylation sites (tertiary alicyclic amines) is 1. The van der Waals surface area contributed by atoms with Crippen molar-refractivity contribution in [1.29, 1.82) is 0 Å². The molecule has 28 heavy (non-hydrogen) atoms. The maximum atomic E-state index is 13.0. The van der Waals surface area contributed by atoms with Gasteiger partial charge in [-0.1, -0.05) is 12.1 Å². The summed E-state index contributed by atoms with van der Waals surface area (Å²) in [6.45, 7) is 4.11. The van der Waals surface area contributed by atoms with Crippen molar-refractivity contribution < 1.29 is 14.3 Å². The van der Waals surface area contributed by atoms with Crippen LogP contribution in [0.1, 0.15) is 44.9 Å². The molecule has 0 spiro atoms. The van der Waals surface area contributed by atoms with Gasteiger partial charge in [-0.05, 0) is 51.2 Å². The largest absolute Gasteiger partial charge is 0.368 e. The molecule has 2 saturated heterocycles. The summed E-state index contributed by atoms with van der Waals surface area (Å²) in [5.41, 5.74) is 1.75. The molecule has 7 nitrogen and oxygen atoms in total. The van der Waals surface area contributed by atoms with Gasteiger partial charge in [0, 0.05) is 19.2 Å². The Morgan fingerprint density at radius 2 is 2.07 bits per heavy atom. The van der Waals surface area contributed by atoms with E-state index in [1.54, 1.807) is 0 Å². The fraction of sp³-hybridized carbons (Fsp3) is 0.571. The molecule has 2 amide bonds. The van der Waals surface area contributed by atoms with E-state index in [0.717, 1.165) is 43.3 Å². The lowest BCUT2D eigenvalue weighted by molar-refractivity contribution is -0.135. The van der Waals surface area contributed by atoms with Crippen molar-refractivity contribution in [2.45, 2.75) is 64.3 Å². The summed E-state index contributed by atoms with van der Waals surface area (Å²) in [6.07, 6.45) is 4.60. The molecule has 2 aromatic rings. The minimum absolute atomic E-state index is 0.105. The van der Waals surface area contributed by atoms with E-state index in [-0.39, 0.29) is 37.0 Å². The third kappa shape index (κ3) is 3.90. The summed E-state index contributed by atoms with van der Waals surface area (Å²) >= 11 is 0. The highest BCUT2D eigenvalue weighted by atomic mass is 16.5. The van der Waals surface area contributed by atoms with E-state index in [1.165, 1.54) is 6.42 Å². The maximum Gasteiger partial charge on any atom is 0.249 e. The summed E-state index contributed by atoms with van der Waals surface area (Å²) in [5, 5.41) is 2.93. The van der Waals surface area contributed by atoms with E-state index in [1.807, 2.05) is 33.7 Å². The SMILES string of the molecule is CC1CCCCN1C(=O)Cn1c(CNC(=O)C2CCCO2)nc2ccccc21. The van der Waals surface area contributed by atoms with E-state index in [4.69, 9.17) is 4.74 Å². The van der Waals surface area contributed by atoms with Gasteiger partial charge >= 0.3 is 0 Å². The molecule has 1 aromatic carbocycles. The van der Waals surface area contributed by atoms with Crippen molar-refractivity contribution in [3.8, 4) is 0 Å². The lowest BCUT2D eigenvalue weighted by atomic mass is 10.0. The average molecular weight is 384 g/mol. The number of nitrogens with zero attached hydrogens (tertiary/aromatic N) is 3. The highest BCUT2D eigenvalue weighted by Crippen LogP contribution is 2.20. The standard InChI is InChI=1S/C21H28N4O3/c1-15-7-4-5-11-24(15)20(26)14-25-17-9-3-2-8-16(17)23-19(25)13-22-21(27)18-10-6-12-28-18/h2-3,8-9,15,18H,4-7,10-14H2,1H3,(H,22,27). The van der Waals surface area contributed by atoms with Gasteiger partial charge in [0.05, 0.1) is 17.6 Å². The van der Waals surface area contributed by atoms with Gasteiger partial charge in [0.25, 0.3) is 0 Å². The number of imidazole rings is 1. The Labute approximate surface area is 165 Å². The van der Waals surface area contributed by atoms with Gasteiger partial charge in [-0.15, -0.1) is 0 Å². The van der Waals surface area contributed by atoms with Gasteiger partial charge in [0.2, 0.25) is 11.8 Å². The first-order valence-corrected chi connectivity index (χ1v) is 10.3. The summed E-state index contributed by atoms with van der Waals surface area (Å²) in [6, 6.07) is 8.07. The summed E-state index contributed by atoms with van der Waals surface area (Å²) in [7, 11) is 0. The third-order valence-corrected chi connectivity index (χ3v) is 5.79. The first kappa shape index (κ1) is 18.9. The minimum atomic E-state index is -0.367. The van der Waals surface area contributed by atoms with E-state index in [2.05, 4.69) is 17.2 Å². The average Bonchev–Trinajstić information content (AvgIpc) is 3.35.